The summed E-state index contributed by atoms with van der Waals surface area (Å²) in [7, 11) is 0. The minimum atomic E-state index is -2.97. The van der Waals surface area contributed by atoms with E-state index in [0.717, 1.165) is 0 Å². The molecule has 0 amide bonds. The van der Waals surface area contributed by atoms with E-state index in [-0.39, 0.29) is 36.5 Å². The first kappa shape index (κ1) is 20.0. The van der Waals surface area contributed by atoms with Crippen molar-refractivity contribution in [2.45, 2.75) is 18.4 Å². The van der Waals surface area contributed by atoms with Crippen molar-refractivity contribution in [3.63, 3.8) is 0 Å². The third-order valence-electron chi connectivity index (χ3n) is 1.25. The van der Waals surface area contributed by atoms with E-state index in [1.54, 1.807) is 0 Å². The maximum absolute atomic E-state index is 10.1. The Kier molecular flexibility index (Phi) is 10.3. The summed E-state index contributed by atoms with van der Waals surface area (Å²) < 4.78 is 0. The van der Waals surface area contributed by atoms with Crippen molar-refractivity contribution >= 4 is 17.9 Å². The number of carbonyl (C=O) groups excluding carboxylic acids is 3. The van der Waals surface area contributed by atoms with Crippen LogP contribution in [0.25, 0.3) is 0 Å². The predicted octanol–water partition coefficient (Wildman–Crippen LogP) is -5.26. The van der Waals surface area contributed by atoms with Gasteiger partial charge in [0.25, 0.3) is 0 Å². The summed E-state index contributed by atoms with van der Waals surface area (Å²) in [5.74, 6) is -5.98. The Morgan fingerprint density at radius 2 is 1.27 bits per heavy atom. The molecule has 0 aromatic rings. The van der Waals surface area contributed by atoms with Crippen LogP contribution in [-0.2, 0) is 50.9 Å². The van der Waals surface area contributed by atoms with Crippen LogP contribution in [0.3, 0.4) is 0 Å². The van der Waals surface area contributed by atoms with Crippen LogP contribution in [0.15, 0.2) is 0 Å². The Labute approximate surface area is 108 Å². The average Bonchev–Trinajstić information content (AvgIpc) is 1.82. The van der Waals surface area contributed by atoms with Crippen molar-refractivity contribution in [2.75, 3.05) is 0 Å². The molecule has 0 unspecified atom stereocenters. The van der Waals surface area contributed by atoms with Gasteiger partial charge in [-0.25, -0.2) is 0 Å². The van der Waals surface area contributed by atoms with E-state index < -0.39 is 36.4 Å². The summed E-state index contributed by atoms with van der Waals surface area (Å²) in [6, 6.07) is 0. The standard InChI is InChI=1S/C6H8O7.Cu.Zn/c7-3(8)1-6(13,5(11)12)2-4(9)10;;/h13H,1-2H2,(H,7,8)(H,9,10)(H,11,12);;/q;2*+2/p-3. The fraction of sp³-hybridized carbons (Fsp3) is 0.500. The Morgan fingerprint density at radius 1 is 1.00 bits per heavy atom. The van der Waals surface area contributed by atoms with E-state index in [2.05, 4.69) is 0 Å². The molecule has 0 aromatic carbocycles. The molecule has 0 bridgehead atoms. The Bertz CT molecular complexity index is 238. The van der Waals surface area contributed by atoms with Gasteiger partial charge < -0.3 is 34.8 Å². The molecule has 0 aliphatic rings. The second-order valence-electron chi connectivity index (χ2n) is 2.42. The van der Waals surface area contributed by atoms with Gasteiger partial charge in [0.15, 0.2) is 0 Å². The molecule has 0 spiro atoms. The molecular weight excluding hydrogens is 313 g/mol. The summed E-state index contributed by atoms with van der Waals surface area (Å²) in [4.78, 5) is 30.0. The summed E-state index contributed by atoms with van der Waals surface area (Å²) >= 11 is 0. The van der Waals surface area contributed by atoms with Crippen LogP contribution in [0.5, 0.6) is 0 Å². The van der Waals surface area contributed by atoms with Crippen molar-refractivity contribution in [1.29, 1.82) is 0 Å². The van der Waals surface area contributed by atoms with Crippen LogP contribution < -0.4 is 15.3 Å². The molecule has 0 saturated heterocycles. The molecule has 0 heterocycles. The zero-order valence-corrected chi connectivity index (χ0v) is 11.2. The molecule has 0 aliphatic heterocycles. The number of aliphatic hydroxyl groups is 1. The van der Waals surface area contributed by atoms with Crippen LogP contribution in [0.2, 0.25) is 0 Å². The van der Waals surface area contributed by atoms with Gasteiger partial charge in [0.1, 0.15) is 5.60 Å². The first-order valence-electron chi connectivity index (χ1n) is 3.11. The average molecular weight is 318 g/mol. The molecule has 0 rings (SSSR count). The van der Waals surface area contributed by atoms with Crippen LogP contribution in [-0.4, -0.2) is 28.6 Å². The minimum Gasteiger partial charge on any atom is -0.550 e. The Morgan fingerprint density at radius 3 is 1.40 bits per heavy atom. The van der Waals surface area contributed by atoms with Crippen LogP contribution in [0.4, 0.5) is 0 Å². The monoisotopic (exact) mass is 316 g/mol. The summed E-state index contributed by atoms with van der Waals surface area (Å²) in [5, 5.41) is 38.9. The van der Waals surface area contributed by atoms with Gasteiger partial charge in [-0.2, -0.15) is 0 Å². The summed E-state index contributed by atoms with van der Waals surface area (Å²) in [6.07, 6.45) is -2.72. The topological polar surface area (TPSA) is 141 Å². The van der Waals surface area contributed by atoms with Gasteiger partial charge >= 0.3 is 36.5 Å². The van der Waals surface area contributed by atoms with Crippen molar-refractivity contribution in [1.82, 2.24) is 0 Å². The molecule has 7 nitrogen and oxygen atoms in total. The molecule has 0 fully saturated rings. The van der Waals surface area contributed by atoms with Gasteiger partial charge in [-0.15, -0.1) is 0 Å². The smallest absolute Gasteiger partial charge is 0.550 e. The van der Waals surface area contributed by atoms with E-state index in [1.807, 2.05) is 0 Å². The number of carboxylic acids is 3. The maximum atomic E-state index is 10.1. The molecule has 9 heteroatoms. The minimum absolute atomic E-state index is 0. The van der Waals surface area contributed by atoms with Crippen molar-refractivity contribution in [3.8, 4) is 0 Å². The van der Waals surface area contributed by atoms with Crippen LogP contribution in [0.1, 0.15) is 12.8 Å². The van der Waals surface area contributed by atoms with Crippen molar-refractivity contribution < 1.29 is 71.4 Å². The first-order chi connectivity index (χ1) is 5.78. The van der Waals surface area contributed by atoms with Crippen LogP contribution in [0, 0.1) is 0 Å². The Balaban J connectivity index is -0.000000720. The summed E-state index contributed by atoms with van der Waals surface area (Å²) in [6.45, 7) is 0. The molecule has 0 saturated carbocycles. The first-order valence-corrected chi connectivity index (χ1v) is 3.11. The third-order valence-corrected chi connectivity index (χ3v) is 1.25. The third kappa shape index (κ3) is 7.44. The number of rotatable bonds is 5. The van der Waals surface area contributed by atoms with Gasteiger partial charge in [-0.3, -0.25) is 0 Å². The number of carboxylic acid groups (broad SMARTS) is 3. The quantitative estimate of drug-likeness (QED) is 0.499. The van der Waals surface area contributed by atoms with Crippen molar-refractivity contribution in [2.24, 2.45) is 0 Å². The molecule has 1 radical (unpaired) electrons. The summed E-state index contributed by atoms with van der Waals surface area (Å²) in [5.41, 5.74) is -2.97. The van der Waals surface area contributed by atoms with E-state index in [9.17, 15) is 29.7 Å². The SMILES string of the molecule is O=C([O-])CC(O)(CC(=O)[O-])C(=O)[O-].[Cu+2].[Zn+2]. The fourth-order valence-corrected chi connectivity index (χ4v) is 0.684. The maximum Gasteiger partial charge on any atom is 2.00 e. The van der Waals surface area contributed by atoms with Gasteiger partial charge in [0.2, 0.25) is 0 Å². The van der Waals surface area contributed by atoms with Gasteiger partial charge in [-0.05, 0) is 0 Å². The van der Waals surface area contributed by atoms with Crippen LogP contribution >= 0.6 is 0 Å². The van der Waals surface area contributed by atoms with E-state index in [0.29, 0.717) is 0 Å². The molecule has 83 valence electrons. The fourth-order valence-electron chi connectivity index (χ4n) is 0.684. The molecule has 0 atom stereocenters. The van der Waals surface area contributed by atoms with E-state index in [1.165, 1.54) is 0 Å². The van der Waals surface area contributed by atoms with Gasteiger partial charge in [0, 0.05) is 24.8 Å². The number of aliphatic carboxylic acids is 3. The largest absolute Gasteiger partial charge is 2.00 e. The normalized spacial score (nSPS) is 9.40. The molecule has 1 N–H and O–H groups in total. The zero-order valence-electron chi connectivity index (χ0n) is 7.32. The van der Waals surface area contributed by atoms with E-state index in [4.69, 9.17) is 5.11 Å². The molecule has 0 aliphatic carbocycles. The van der Waals surface area contributed by atoms with Gasteiger partial charge in [0.05, 0.1) is 5.97 Å². The Hall–Kier alpha value is -0.487. The predicted molar refractivity (Wildman–Crippen MR) is 29.2 cm³/mol. The molecular formula is C6H5CuO7Zn+. The molecule has 0 aromatic heterocycles. The van der Waals surface area contributed by atoms with Crippen molar-refractivity contribution in [3.05, 3.63) is 0 Å². The number of hydrogen-bond acceptors (Lipinski definition) is 7. The second-order valence-corrected chi connectivity index (χ2v) is 2.42. The van der Waals surface area contributed by atoms with Gasteiger partial charge in [-0.1, -0.05) is 0 Å². The number of hydrogen-bond donors (Lipinski definition) is 1. The second kappa shape index (κ2) is 7.76. The number of carbonyl (C=O) groups is 3. The molecule has 15 heavy (non-hydrogen) atoms. The zero-order chi connectivity index (χ0) is 10.6. The van der Waals surface area contributed by atoms with E-state index >= 15 is 0 Å².